The molecule has 0 aromatic carbocycles. The number of carbonyl (C=O) groups excluding carboxylic acids is 2. The standard InChI is InChI=1S/C6H7NO3/c1-5(10)7-2-6(3-8)4-9/h2-4,8H,1H3/b6-3-,7-2?. The van der Waals surface area contributed by atoms with Crippen molar-refractivity contribution < 1.29 is 14.7 Å². The minimum absolute atomic E-state index is 0.0322. The first-order valence-corrected chi connectivity index (χ1v) is 2.55. The largest absolute Gasteiger partial charge is 0.515 e. The molecule has 0 saturated heterocycles. The highest BCUT2D eigenvalue weighted by Crippen LogP contribution is 1.81. The summed E-state index contributed by atoms with van der Waals surface area (Å²) in [5.41, 5.74) is -0.0322. The zero-order valence-electron chi connectivity index (χ0n) is 5.44. The SMILES string of the molecule is CC(=O)N=C/C(C=O)=C/O. The van der Waals surface area contributed by atoms with Crippen molar-refractivity contribution in [3.8, 4) is 0 Å². The zero-order valence-corrected chi connectivity index (χ0v) is 5.44. The first-order valence-electron chi connectivity index (χ1n) is 2.55. The summed E-state index contributed by atoms with van der Waals surface area (Å²) in [7, 11) is 0. The molecule has 0 radical (unpaired) electrons. The molecule has 0 aliphatic rings. The fourth-order valence-corrected chi connectivity index (χ4v) is 0.260. The molecule has 0 fully saturated rings. The number of aliphatic hydroxyl groups is 1. The van der Waals surface area contributed by atoms with Crippen LogP contribution in [0.5, 0.6) is 0 Å². The molecule has 0 aliphatic heterocycles. The first-order chi connectivity index (χ1) is 4.70. The van der Waals surface area contributed by atoms with Gasteiger partial charge in [0.1, 0.15) is 0 Å². The van der Waals surface area contributed by atoms with E-state index in [9.17, 15) is 9.59 Å². The van der Waals surface area contributed by atoms with E-state index in [1.165, 1.54) is 6.92 Å². The van der Waals surface area contributed by atoms with Gasteiger partial charge < -0.3 is 5.11 Å². The van der Waals surface area contributed by atoms with Crippen molar-refractivity contribution in [1.29, 1.82) is 0 Å². The lowest BCUT2D eigenvalue weighted by Gasteiger charge is -1.82. The molecule has 4 heteroatoms. The summed E-state index contributed by atoms with van der Waals surface area (Å²) in [6.45, 7) is 1.25. The predicted molar refractivity (Wildman–Crippen MR) is 35.9 cm³/mol. The molecular formula is C6H7NO3. The van der Waals surface area contributed by atoms with Crippen molar-refractivity contribution in [2.75, 3.05) is 0 Å². The summed E-state index contributed by atoms with van der Waals surface area (Å²) in [6, 6.07) is 0. The van der Waals surface area contributed by atoms with Gasteiger partial charge in [0.15, 0.2) is 6.29 Å². The Kier molecular flexibility index (Phi) is 3.79. The van der Waals surface area contributed by atoms with Gasteiger partial charge >= 0.3 is 0 Å². The second-order valence-electron chi connectivity index (χ2n) is 1.52. The Labute approximate surface area is 57.9 Å². The topological polar surface area (TPSA) is 66.7 Å². The molecule has 0 aliphatic carbocycles. The van der Waals surface area contributed by atoms with Crippen LogP contribution in [0.3, 0.4) is 0 Å². The van der Waals surface area contributed by atoms with Crippen LogP contribution in [0.15, 0.2) is 16.8 Å². The Balaban J connectivity index is 4.11. The van der Waals surface area contributed by atoms with Crippen LogP contribution in [0, 0.1) is 0 Å². The number of nitrogens with zero attached hydrogens (tertiary/aromatic N) is 1. The Morgan fingerprint density at radius 3 is 2.50 bits per heavy atom. The van der Waals surface area contributed by atoms with Gasteiger partial charge in [-0.15, -0.1) is 0 Å². The molecule has 0 bridgehead atoms. The maximum Gasteiger partial charge on any atom is 0.242 e. The molecule has 1 N–H and O–H groups in total. The van der Waals surface area contributed by atoms with Gasteiger partial charge in [-0.2, -0.15) is 0 Å². The van der Waals surface area contributed by atoms with Crippen LogP contribution < -0.4 is 0 Å². The Morgan fingerprint density at radius 1 is 1.60 bits per heavy atom. The molecular weight excluding hydrogens is 134 g/mol. The highest BCUT2D eigenvalue weighted by molar-refractivity contribution is 6.04. The van der Waals surface area contributed by atoms with Gasteiger partial charge in [0.05, 0.1) is 11.8 Å². The molecule has 0 spiro atoms. The number of aliphatic hydroxyl groups excluding tert-OH is 1. The number of aldehydes is 1. The van der Waals surface area contributed by atoms with Crippen LogP contribution in [0.1, 0.15) is 6.92 Å². The van der Waals surface area contributed by atoms with E-state index in [2.05, 4.69) is 4.99 Å². The van der Waals surface area contributed by atoms with E-state index in [-0.39, 0.29) is 5.57 Å². The summed E-state index contributed by atoms with van der Waals surface area (Å²) in [4.78, 5) is 23.3. The van der Waals surface area contributed by atoms with Crippen LogP contribution >= 0.6 is 0 Å². The summed E-state index contributed by atoms with van der Waals surface area (Å²) in [5, 5.41) is 8.24. The highest BCUT2D eigenvalue weighted by atomic mass is 16.2. The van der Waals surface area contributed by atoms with Crippen molar-refractivity contribution in [2.24, 2.45) is 4.99 Å². The third-order valence-corrected chi connectivity index (χ3v) is 0.681. The fraction of sp³-hybridized carbons (Fsp3) is 0.167. The maximum absolute atomic E-state index is 10.2. The zero-order chi connectivity index (χ0) is 7.98. The van der Waals surface area contributed by atoms with Gasteiger partial charge in [-0.05, 0) is 0 Å². The van der Waals surface area contributed by atoms with E-state index >= 15 is 0 Å². The molecule has 4 nitrogen and oxygen atoms in total. The summed E-state index contributed by atoms with van der Waals surface area (Å²) >= 11 is 0. The van der Waals surface area contributed by atoms with Gasteiger partial charge in [-0.1, -0.05) is 0 Å². The number of hydrogen-bond acceptors (Lipinski definition) is 3. The second-order valence-corrected chi connectivity index (χ2v) is 1.52. The molecule has 0 heterocycles. The Hall–Kier alpha value is -1.45. The average Bonchev–Trinajstić information content (AvgIpc) is 1.90. The molecule has 0 aromatic heterocycles. The third kappa shape index (κ3) is 3.54. The molecule has 54 valence electrons. The summed E-state index contributed by atoms with van der Waals surface area (Å²) in [6.07, 6.45) is 1.97. The van der Waals surface area contributed by atoms with Crippen LogP contribution in [-0.2, 0) is 9.59 Å². The van der Waals surface area contributed by atoms with E-state index in [1.54, 1.807) is 0 Å². The van der Waals surface area contributed by atoms with Gasteiger partial charge in [-0.25, -0.2) is 4.99 Å². The van der Waals surface area contributed by atoms with Crippen molar-refractivity contribution in [1.82, 2.24) is 0 Å². The molecule has 10 heavy (non-hydrogen) atoms. The molecule has 0 unspecified atom stereocenters. The minimum Gasteiger partial charge on any atom is -0.515 e. The Bertz CT molecular complexity index is 193. The van der Waals surface area contributed by atoms with Crippen LogP contribution in [0.2, 0.25) is 0 Å². The first kappa shape index (κ1) is 8.55. The number of hydrogen-bond donors (Lipinski definition) is 1. The van der Waals surface area contributed by atoms with E-state index in [0.717, 1.165) is 6.21 Å². The third-order valence-electron chi connectivity index (χ3n) is 0.681. The van der Waals surface area contributed by atoms with Gasteiger partial charge in [0, 0.05) is 13.1 Å². The summed E-state index contributed by atoms with van der Waals surface area (Å²) in [5.74, 6) is -0.416. The van der Waals surface area contributed by atoms with Crippen LogP contribution in [0.25, 0.3) is 0 Å². The van der Waals surface area contributed by atoms with Crippen LogP contribution in [-0.4, -0.2) is 23.5 Å². The molecule has 0 rings (SSSR count). The molecule has 0 aromatic rings. The number of carbonyl (C=O) groups is 2. The lowest BCUT2D eigenvalue weighted by Crippen LogP contribution is -1.89. The highest BCUT2D eigenvalue weighted by Gasteiger charge is 1.88. The monoisotopic (exact) mass is 141 g/mol. The minimum atomic E-state index is -0.416. The Morgan fingerprint density at radius 2 is 2.20 bits per heavy atom. The van der Waals surface area contributed by atoms with Crippen molar-refractivity contribution in [2.45, 2.75) is 6.92 Å². The van der Waals surface area contributed by atoms with E-state index in [4.69, 9.17) is 5.11 Å². The lowest BCUT2D eigenvalue weighted by molar-refractivity contribution is -0.115. The van der Waals surface area contributed by atoms with Crippen LogP contribution in [0.4, 0.5) is 0 Å². The van der Waals surface area contributed by atoms with Crippen molar-refractivity contribution >= 4 is 18.4 Å². The normalized spacial score (nSPS) is 11.9. The van der Waals surface area contributed by atoms with Gasteiger partial charge in [0.2, 0.25) is 5.91 Å². The molecule has 1 amide bonds. The smallest absolute Gasteiger partial charge is 0.242 e. The number of amides is 1. The number of aliphatic imine (C=N–C) groups is 1. The van der Waals surface area contributed by atoms with Crippen molar-refractivity contribution in [3.05, 3.63) is 11.8 Å². The van der Waals surface area contributed by atoms with E-state index in [0.29, 0.717) is 12.5 Å². The van der Waals surface area contributed by atoms with E-state index in [1.807, 2.05) is 0 Å². The lowest BCUT2D eigenvalue weighted by atomic mass is 10.4. The van der Waals surface area contributed by atoms with Crippen molar-refractivity contribution in [3.63, 3.8) is 0 Å². The average molecular weight is 141 g/mol. The quantitative estimate of drug-likeness (QED) is 0.259. The van der Waals surface area contributed by atoms with Gasteiger partial charge in [0.25, 0.3) is 0 Å². The second kappa shape index (κ2) is 4.43. The number of rotatable bonds is 2. The van der Waals surface area contributed by atoms with Gasteiger partial charge in [-0.3, -0.25) is 9.59 Å². The summed E-state index contributed by atoms with van der Waals surface area (Å²) < 4.78 is 0. The molecule has 0 atom stereocenters. The maximum atomic E-state index is 10.2. The predicted octanol–water partition coefficient (Wildman–Crippen LogP) is 0.244. The molecule has 0 saturated carbocycles. The fourth-order valence-electron chi connectivity index (χ4n) is 0.260. The number of allylic oxidation sites excluding steroid dienone is 1. The van der Waals surface area contributed by atoms with E-state index < -0.39 is 5.91 Å².